The molecule has 2 atom stereocenters. The number of carbonyl (C=O) groups excluding carboxylic acids is 2. The van der Waals surface area contributed by atoms with Crippen LogP contribution in [0.3, 0.4) is 0 Å². The Kier molecular flexibility index (Phi) is 6.88. The van der Waals surface area contributed by atoms with E-state index in [1.54, 1.807) is 14.2 Å². The molecule has 33 heavy (non-hydrogen) atoms. The molecule has 176 valence electrons. The van der Waals surface area contributed by atoms with E-state index in [-0.39, 0.29) is 17.9 Å². The average molecular weight is 452 g/mol. The van der Waals surface area contributed by atoms with Crippen molar-refractivity contribution in [1.82, 2.24) is 15.1 Å². The van der Waals surface area contributed by atoms with Crippen molar-refractivity contribution in [3.63, 3.8) is 0 Å². The van der Waals surface area contributed by atoms with E-state index in [9.17, 15) is 9.59 Å². The summed E-state index contributed by atoms with van der Waals surface area (Å²) in [5.74, 6) is 0.688. The standard InChI is InChI=1S/C26H33N3O4/c1-5-28(6-2)14-12-27-25(30)23-18-9-7-8-10-19(18)26(31)29-13-11-17-15-21(32-3)22(33-4)16-20(17)24(23)29/h7-10,15-16,23-24H,5-6,11-14H2,1-4H3,(H,27,30)/t23-,24-/m0/s1. The van der Waals surface area contributed by atoms with Crippen LogP contribution in [0.25, 0.3) is 0 Å². The summed E-state index contributed by atoms with van der Waals surface area (Å²) in [6.07, 6.45) is 0.705. The van der Waals surface area contributed by atoms with E-state index in [1.807, 2.05) is 41.3 Å². The van der Waals surface area contributed by atoms with Crippen LogP contribution < -0.4 is 14.8 Å². The molecule has 2 aromatic rings. The molecule has 2 aliphatic heterocycles. The molecule has 2 aliphatic rings. The van der Waals surface area contributed by atoms with Crippen molar-refractivity contribution in [2.45, 2.75) is 32.2 Å². The van der Waals surface area contributed by atoms with Crippen LogP contribution in [0.4, 0.5) is 0 Å². The van der Waals surface area contributed by atoms with E-state index in [0.717, 1.165) is 36.3 Å². The first-order valence-electron chi connectivity index (χ1n) is 11.7. The van der Waals surface area contributed by atoms with Crippen LogP contribution >= 0.6 is 0 Å². The lowest BCUT2D eigenvalue weighted by molar-refractivity contribution is -0.124. The maximum atomic E-state index is 13.6. The van der Waals surface area contributed by atoms with Crippen molar-refractivity contribution < 1.29 is 19.1 Å². The zero-order valence-electron chi connectivity index (χ0n) is 19.9. The number of rotatable bonds is 8. The number of hydrogen-bond acceptors (Lipinski definition) is 5. The van der Waals surface area contributed by atoms with Crippen LogP contribution in [-0.2, 0) is 11.2 Å². The van der Waals surface area contributed by atoms with Gasteiger partial charge in [-0.1, -0.05) is 32.0 Å². The summed E-state index contributed by atoms with van der Waals surface area (Å²) in [6.45, 7) is 8.04. The number of methoxy groups -OCH3 is 2. The second-order valence-electron chi connectivity index (χ2n) is 8.48. The minimum atomic E-state index is -0.493. The molecule has 7 nitrogen and oxygen atoms in total. The lowest BCUT2D eigenvalue weighted by Gasteiger charge is -2.45. The average Bonchev–Trinajstić information content (AvgIpc) is 2.85. The lowest BCUT2D eigenvalue weighted by atomic mass is 9.75. The van der Waals surface area contributed by atoms with Gasteiger partial charge in [0.1, 0.15) is 0 Å². The van der Waals surface area contributed by atoms with Crippen LogP contribution in [0.1, 0.15) is 52.9 Å². The van der Waals surface area contributed by atoms with Crippen molar-refractivity contribution in [2.24, 2.45) is 0 Å². The number of benzene rings is 2. The third kappa shape index (κ3) is 4.17. The molecular weight excluding hydrogens is 418 g/mol. The van der Waals surface area contributed by atoms with E-state index >= 15 is 0 Å². The number of nitrogens with zero attached hydrogens (tertiary/aromatic N) is 2. The zero-order chi connectivity index (χ0) is 23.5. The summed E-state index contributed by atoms with van der Waals surface area (Å²) < 4.78 is 11.1. The third-order valence-corrected chi connectivity index (χ3v) is 6.93. The lowest BCUT2D eigenvalue weighted by Crippen LogP contribution is -2.50. The number of ether oxygens (including phenoxy) is 2. The summed E-state index contributed by atoms with van der Waals surface area (Å²) in [4.78, 5) is 31.2. The molecule has 7 heteroatoms. The van der Waals surface area contributed by atoms with E-state index in [1.165, 1.54) is 0 Å². The number of amides is 2. The highest BCUT2D eigenvalue weighted by Gasteiger charge is 2.46. The molecule has 0 fully saturated rings. The minimum Gasteiger partial charge on any atom is -0.493 e. The van der Waals surface area contributed by atoms with Crippen molar-refractivity contribution >= 4 is 11.8 Å². The molecule has 2 heterocycles. The van der Waals surface area contributed by atoms with Crippen LogP contribution in [0, 0.1) is 0 Å². The van der Waals surface area contributed by atoms with Gasteiger partial charge in [-0.25, -0.2) is 0 Å². The highest BCUT2D eigenvalue weighted by atomic mass is 16.5. The number of carbonyl (C=O) groups is 2. The first kappa shape index (κ1) is 23.1. The van der Waals surface area contributed by atoms with Gasteiger partial charge in [0.2, 0.25) is 5.91 Å². The van der Waals surface area contributed by atoms with Gasteiger partial charge in [-0.2, -0.15) is 0 Å². The van der Waals surface area contributed by atoms with Gasteiger partial charge in [0.05, 0.1) is 26.2 Å². The number of likely N-dealkylation sites (N-methyl/N-ethyl adjacent to an activating group) is 1. The van der Waals surface area contributed by atoms with Gasteiger partial charge >= 0.3 is 0 Å². The monoisotopic (exact) mass is 451 g/mol. The molecule has 1 N–H and O–H groups in total. The quantitative estimate of drug-likeness (QED) is 0.668. The Morgan fingerprint density at radius 2 is 1.79 bits per heavy atom. The van der Waals surface area contributed by atoms with E-state index in [2.05, 4.69) is 24.1 Å². The largest absolute Gasteiger partial charge is 0.493 e. The molecule has 0 aliphatic carbocycles. The Morgan fingerprint density at radius 1 is 1.09 bits per heavy atom. The van der Waals surface area contributed by atoms with E-state index < -0.39 is 5.92 Å². The predicted molar refractivity (Wildman–Crippen MR) is 127 cm³/mol. The van der Waals surface area contributed by atoms with Crippen molar-refractivity contribution in [3.05, 3.63) is 58.7 Å². The molecule has 0 radical (unpaired) electrons. The van der Waals surface area contributed by atoms with Crippen LogP contribution in [0.2, 0.25) is 0 Å². The highest BCUT2D eigenvalue weighted by molar-refractivity contribution is 6.01. The fourth-order valence-corrected chi connectivity index (χ4v) is 5.12. The Labute approximate surface area is 195 Å². The Hall–Kier alpha value is -3.06. The summed E-state index contributed by atoms with van der Waals surface area (Å²) in [5.41, 5.74) is 3.43. The number of nitrogens with one attached hydrogen (secondary N) is 1. The highest BCUT2D eigenvalue weighted by Crippen LogP contribution is 2.48. The first-order chi connectivity index (χ1) is 16.0. The molecule has 2 amide bonds. The maximum absolute atomic E-state index is 13.6. The topological polar surface area (TPSA) is 71.1 Å². The fourth-order valence-electron chi connectivity index (χ4n) is 5.12. The van der Waals surface area contributed by atoms with Crippen LogP contribution in [-0.4, -0.2) is 68.6 Å². The van der Waals surface area contributed by atoms with Crippen LogP contribution in [0.5, 0.6) is 11.5 Å². The molecule has 0 aromatic heterocycles. The van der Waals surface area contributed by atoms with Gasteiger partial charge in [-0.05, 0) is 54.4 Å². The number of hydrogen-bond donors (Lipinski definition) is 1. The summed E-state index contributed by atoms with van der Waals surface area (Å²) >= 11 is 0. The third-order valence-electron chi connectivity index (χ3n) is 6.93. The maximum Gasteiger partial charge on any atom is 0.254 e. The van der Waals surface area contributed by atoms with Gasteiger partial charge in [-0.15, -0.1) is 0 Å². The van der Waals surface area contributed by atoms with Crippen molar-refractivity contribution in [3.8, 4) is 11.5 Å². The van der Waals surface area contributed by atoms with Gasteiger partial charge in [0, 0.05) is 25.2 Å². The van der Waals surface area contributed by atoms with Gasteiger partial charge in [0.15, 0.2) is 11.5 Å². The predicted octanol–water partition coefficient (Wildman–Crippen LogP) is 3.00. The Bertz CT molecular complexity index is 1030. The molecule has 0 spiro atoms. The summed E-state index contributed by atoms with van der Waals surface area (Å²) in [5, 5.41) is 3.15. The molecule has 0 saturated carbocycles. The molecule has 0 unspecified atom stereocenters. The van der Waals surface area contributed by atoms with Crippen LogP contribution in [0.15, 0.2) is 36.4 Å². The minimum absolute atomic E-state index is 0.0248. The Balaban J connectivity index is 1.75. The molecular formula is C26H33N3O4. The molecule has 4 rings (SSSR count). The number of fused-ring (bicyclic) bond motifs is 4. The van der Waals surface area contributed by atoms with Crippen molar-refractivity contribution in [2.75, 3.05) is 46.9 Å². The zero-order valence-corrected chi connectivity index (χ0v) is 19.9. The first-order valence-corrected chi connectivity index (χ1v) is 11.7. The van der Waals surface area contributed by atoms with Gasteiger partial charge in [0.25, 0.3) is 5.91 Å². The Morgan fingerprint density at radius 3 is 2.48 bits per heavy atom. The SMILES string of the molecule is CCN(CC)CCNC(=O)[C@H]1c2ccccc2C(=O)N2CCc3cc(OC)c(OC)cc3[C@@H]12. The second-order valence-corrected chi connectivity index (χ2v) is 8.48. The summed E-state index contributed by atoms with van der Waals surface area (Å²) in [6, 6.07) is 11.0. The normalized spacial score (nSPS) is 18.9. The van der Waals surface area contributed by atoms with Crippen molar-refractivity contribution in [1.29, 1.82) is 0 Å². The molecule has 2 aromatic carbocycles. The smallest absolute Gasteiger partial charge is 0.254 e. The van der Waals surface area contributed by atoms with E-state index in [4.69, 9.17) is 9.47 Å². The van der Waals surface area contributed by atoms with E-state index in [0.29, 0.717) is 36.6 Å². The molecule has 0 bridgehead atoms. The van der Waals surface area contributed by atoms with Gasteiger partial charge in [-0.3, -0.25) is 9.59 Å². The second kappa shape index (κ2) is 9.83. The fraction of sp³-hybridized carbons (Fsp3) is 0.462. The summed E-state index contributed by atoms with van der Waals surface area (Å²) in [7, 11) is 3.22. The van der Waals surface area contributed by atoms with Gasteiger partial charge < -0.3 is 24.6 Å². The molecule has 0 saturated heterocycles.